The Morgan fingerprint density at radius 3 is 2.33 bits per heavy atom. The molecule has 2 fully saturated rings. The van der Waals surface area contributed by atoms with Crippen LogP contribution in [0.4, 0.5) is 24.1 Å². The summed E-state index contributed by atoms with van der Waals surface area (Å²) >= 11 is 0. The lowest BCUT2D eigenvalue weighted by Gasteiger charge is -2.35. The van der Waals surface area contributed by atoms with E-state index in [4.69, 9.17) is 14.2 Å². The Kier molecular flexibility index (Phi) is 9.28. The van der Waals surface area contributed by atoms with E-state index in [9.17, 15) is 18.4 Å². The van der Waals surface area contributed by atoms with E-state index < -0.39 is 28.9 Å². The number of piperidine rings is 1. The van der Waals surface area contributed by atoms with Crippen LogP contribution < -0.4 is 9.64 Å². The Morgan fingerprint density at radius 2 is 1.65 bits per heavy atom. The number of anilines is 1. The molecule has 0 aliphatic carbocycles. The van der Waals surface area contributed by atoms with Crippen molar-refractivity contribution >= 4 is 28.8 Å². The molecule has 3 aromatic rings. The van der Waals surface area contributed by atoms with E-state index in [-0.39, 0.29) is 18.6 Å². The summed E-state index contributed by atoms with van der Waals surface area (Å²) in [7, 11) is 1.64. The fraction of sp³-hybridized carbons (Fsp3) is 0.529. The molecule has 2 unspecified atom stereocenters. The summed E-state index contributed by atoms with van der Waals surface area (Å²) < 4.78 is 45.6. The molecule has 2 amide bonds. The number of nitrogens with zero attached hydrogens (tertiary/aromatic N) is 5. The first-order chi connectivity index (χ1) is 21.6. The standard InChI is InChI=1S/C34H43F2N5O5/c1-33(2,3)45-31(42)39(7)12-13-44-30-9-8-21(17-37-30)27-16-29(24-14-25(35)26(36)15-28(24)38-27)41-18-22-10-11-40(19-23(22)20-41)32(43)46-34(4,5)6/h8-9,14-17,22-23H,10-13,18-20H2,1-7H3. The van der Waals surface area contributed by atoms with Gasteiger partial charge in [0.25, 0.3) is 0 Å². The van der Waals surface area contributed by atoms with Gasteiger partial charge in [-0.25, -0.2) is 28.3 Å². The van der Waals surface area contributed by atoms with Gasteiger partial charge in [-0.3, -0.25) is 0 Å². The van der Waals surface area contributed by atoms with Gasteiger partial charge in [0, 0.05) is 68.2 Å². The highest BCUT2D eigenvalue weighted by Crippen LogP contribution is 2.39. The van der Waals surface area contributed by atoms with Crippen LogP contribution in [0.2, 0.25) is 0 Å². The van der Waals surface area contributed by atoms with Crippen molar-refractivity contribution in [3.05, 3.63) is 48.2 Å². The Hall–Kier alpha value is -4.22. The van der Waals surface area contributed by atoms with Crippen molar-refractivity contribution in [1.82, 2.24) is 19.8 Å². The molecule has 2 atom stereocenters. The fourth-order valence-corrected chi connectivity index (χ4v) is 5.81. The second-order valence-corrected chi connectivity index (χ2v) is 14.1. The van der Waals surface area contributed by atoms with Crippen molar-refractivity contribution < 1.29 is 32.6 Å². The van der Waals surface area contributed by atoms with E-state index in [1.807, 2.05) is 47.6 Å². The number of pyridine rings is 2. The van der Waals surface area contributed by atoms with Crippen LogP contribution in [0.1, 0.15) is 48.0 Å². The van der Waals surface area contributed by atoms with E-state index >= 15 is 0 Å². The van der Waals surface area contributed by atoms with Gasteiger partial charge in [-0.1, -0.05) is 0 Å². The van der Waals surface area contributed by atoms with Crippen molar-refractivity contribution in [1.29, 1.82) is 0 Å². The lowest BCUT2D eigenvalue weighted by Crippen LogP contribution is -2.45. The molecule has 10 nitrogen and oxygen atoms in total. The quantitative estimate of drug-likeness (QED) is 0.301. The van der Waals surface area contributed by atoms with Gasteiger partial charge in [0.05, 0.1) is 17.8 Å². The van der Waals surface area contributed by atoms with Crippen LogP contribution in [0.15, 0.2) is 36.5 Å². The summed E-state index contributed by atoms with van der Waals surface area (Å²) in [6.45, 7) is 14.1. The second kappa shape index (κ2) is 12.9. The molecule has 0 N–H and O–H groups in total. The van der Waals surface area contributed by atoms with Gasteiger partial charge in [-0.15, -0.1) is 0 Å². The van der Waals surface area contributed by atoms with Gasteiger partial charge >= 0.3 is 12.2 Å². The minimum absolute atomic E-state index is 0.214. The van der Waals surface area contributed by atoms with Crippen LogP contribution in [0.25, 0.3) is 22.2 Å². The number of aromatic nitrogens is 2. The number of hydrogen-bond donors (Lipinski definition) is 0. The summed E-state index contributed by atoms with van der Waals surface area (Å²) in [5.41, 5.74) is 1.17. The number of carbonyl (C=O) groups excluding carboxylic acids is 2. The number of benzene rings is 1. The Morgan fingerprint density at radius 1 is 0.957 bits per heavy atom. The number of likely N-dealkylation sites (N-methyl/N-ethyl adjacent to an activating group) is 1. The van der Waals surface area contributed by atoms with Crippen molar-refractivity contribution in [3.8, 4) is 17.1 Å². The topological polar surface area (TPSA) is 97.3 Å². The predicted molar refractivity (Wildman–Crippen MR) is 171 cm³/mol. The summed E-state index contributed by atoms with van der Waals surface area (Å²) in [5.74, 6) is -0.969. The first-order valence-corrected chi connectivity index (χ1v) is 15.6. The molecule has 4 heterocycles. The van der Waals surface area contributed by atoms with Crippen LogP contribution in [0.3, 0.4) is 0 Å². The molecule has 0 radical (unpaired) electrons. The van der Waals surface area contributed by atoms with Crippen molar-refractivity contribution in [3.63, 3.8) is 0 Å². The predicted octanol–water partition coefficient (Wildman–Crippen LogP) is 6.51. The number of halogens is 2. The number of ether oxygens (including phenoxy) is 3. The fourth-order valence-electron chi connectivity index (χ4n) is 5.81. The van der Waals surface area contributed by atoms with Crippen LogP contribution >= 0.6 is 0 Å². The third-order valence-corrected chi connectivity index (χ3v) is 8.04. The smallest absolute Gasteiger partial charge is 0.410 e. The zero-order valence-corrected chi connectivity index (χ0v) is 27.6. The van der Waals surface area contributed by atoms with Crippen molar-refractivity contribution in [2.75, 3.05) is 51.3 Å². The van der Waals surface area contributed by atoms with Crippen LogP contribution in [0.5, 0.6) is 5.88 Å². The summed E-state index contributed by atoms with van der Waals surface area (Å²) in [5, 5.41) is 0.521. The lowest BCUT2D eigenvalue weighted by molar-refractivity contribution is 0.0139. The molecule has 0 spiro atoms. The molecule has 5 rings (SSSR count). The van der Waals surface area contributed by atoms with E-state index in [1.165, 1.54) is 11.0 Å². The van der Waals surface area contributed by atoms with Gasteiger partial charge in [0.1, 0.15) is 17.8 Å². The number of rotatable bonds is 6. The highest BCUT2D eigenvalue weighted by atomic mass is 19.2. The van der Waals surface area contributed by atoms with Crippen molar-refractivity contribution in [2.45, 2.75) is 59.2 Å². The molecule has 2 aliphatic rings. The minimum Gasteiger partial charge on any atom is -0.476 e. The SMILES string of the molecule is CN(CCOc1ccc(-c2cc(N3CC4CCN(C(=O)OC(C)(C)C)CC4C3)c3cc(F)c(F)cc3n2)cn1)C(=O)OC(C)(C)C. The monoisotopic (exact) mass is 639 g/mol. The zero-order chi connectivity index (χ0) is 33.4. The molecular weight excluding hydrogens is 596 g/mol. The van der Waals surface area contributed by atoms with E-state index in [1.54, 1.807) is 30.3 Å². The van der Waals surface area contributed by atoms with E-state index in [0.717, 1.165) is 24.7 Å². The van der Waals surface area contributed by atoms with Gasteiger partial charge in [-0.2, -0.15) is 0 Å². The molecule has 46 heavy (non-hydrogen) atoms. The van der Waals surface area contributed by atoms with E-state index in [0.29, 0.717) is 60.1 Å². The third-order valence-electron chi connectivity index (χ3n) is 8.04. The maximum Gasteiger partial charge on any atom is 0.410 e. The first kappa shape index (κ1) is 33.2. The average molecular weight is 640 g/mol. The zero-order valence-electron chi connectivity index (χ0n) is 27.6. The molecule has 2 aromatic heterocycles. The maximum atomic E-state index is 14.5. The largest absolute Gasteiger partial charge is 0.476 e. The van der Waals surface area contributed by atoms with Crippen LogP contribution in [0, 0.1) is 23.5 Å². The Bertz CT molecular complexity index is 1590. The molecule has 12 heteroatoms. The lowest BCUT2D eigenvalue weighted by atomic mass is 9.89. The highest BCUT2D eigenvalue weighted by Gasteiger charge is 2.40. The van der Waals surface area contributed by atoms with Gasteiger partial charge in [-0.05, 0) is 78.0 Å². The van der Waals surface area contributed by atoms with Crippen molar-refractivity contribution in [2.24, 2.45) is 11.8 Å². The number of carbonyl (C=O) groups is 2. The second-order valence-electron chi connectivity index (χ2n) is 14.1. The normalized spacial score (nSPS) is 18.4. The maximum absolute atomic E-state index is 14.5. The molecular formula is C34H43F2N5O5. The van der Waals surface area contributed by atoms with Gasteiger partial charge < -0.3 is 28.9 Å². The summed E-state index contributed by atoms with van der Waals surface area (Å²) in [6.07, 6.45) is 1.70. The van der Waals surface area contributed by atoms with Crippen LogP contribution in [-0.4, -0.2) is 89.5 Å². The van der Waals surface area contributed by atoms with E-state index in [2.05, 4.69) is 14.9 Å². The Labute approximate surface area is 268 Å². The Balaban J connectivity index is 1.32. The molecule has 1 aromatic carbocycles. The highest BCUT2D eigenvalue weighted by molar-refractivity contribution is 5.94. The number of hydrogen-bond acceptors (Lipinski definition) is 8. The molecule has 248 valence electrons. The number of fused-ring (bicyclic) bond motifs is 2. The van der Waals surface area contributed by atoms with Gasteiger partial charge in [0.2, 0.25) is 5.88 Å². The molecule has 0 bridgehead atoms. The molecule has 0 saturated carbocycles. The summed E-state index contributed by atoms with van der Waals surface area (Å²) in [6, 6.07) is 7.72. The number of likely N-dealkylation sites (tertiary alicyclic amines) is 1. The average Bonchev–Trinajstić information content (AvgIpc) is 3.39. The van der Waals surface area contributed by atoms with Gasteiger partial charge in [0.15, 0.2) is 11.6 Å². The minimum atomic E-state index is -0.968. The third kappa shape index (κ3) is 7.94. The summed E-state index contributed by atoms with van der Waals surface area (Å²) in [4.78, 5) is 39.4. The molecule has 2 aliphatic heterocycles. The number of amides is 2. The molecule has 2 saturated heterocycles. The first-order valence-electron chi connectivity index (χ1n) is 15.6. The van der Waals surface area contributed by atoms with Crippen LogP contribution in [-0.2, 0) is 9.47 Å².